The third kappa shape index (κ3) is 3.73. The molecule has 1 atom stereocenters. The van der Waals surface area contributed by atoms with Crippen molar-refractivity contribution in [2.45, 2.75) is 25.6 Å². The maximum absolute atomic E-state index is 5.82. The summed E-state index contributed by atoms with van der Waals surface area (Å²) in [6.07, 6.45) is 0.150. The van der Waals surface area contributed by atoms with Crippen molar-refractivity contribution < 1.29 is 9.47 Å². The fourth-order valence-corrected chi connectivity index (χ4v) is 2.05. The molecule has 0 N–H and O–H groups in total. The van der Waals surface area contributed by atoms with Gasteiger partial charge in [0.2, 0.25) is 0 Å². The van der Waals surface area contributed by atoms with E-state index in [0.29, 0.717) is 5.88 Å². The van der Waals surface area contributed by atoms with Gasteiger partial charge in [0.25, 0.3) is 0 Å². The second-order valence-corrected chi connectivity index (χ2v) is 4.69. The van der Waals surface area contributed by atoms with Crippen LogP contribution in [-0.2, 0) is 9.47 Å². The number of rotatable bonds is 4. The molecule has 0 radical (unpaired) electrons. The van der Waals surface area contributed by atoms with Crippen LogP contribution in [0.5, 0.6) is 0 Å². The Morgan fingerprint density at radius 1 is 1.57 bits per heavy atom. The quantitative estimate of drug-likeness (QED) is 0.669. The summed E-state index contributed by atoms with van der Waals surface area (Å²) < 4.78 is 10.9. The average molecular weight is 222 g/mol. The van der Waals surface area contributed by atoms with Crippen molar-refractivity contribution in [3.05, 3.63) is 0 Å². The lowest BCUT2D eigenvalue weighted by atomic mass is 10.1. The minimum absolute atomic E-state index is 0.0917. The van der Waals surface area contributed by atoms with Crippen LogP contribution in [0.25, 0.3) is 0 Å². The van der Waals surface area contributed by atoms with Crippen molar-refractivity contribution in [3.63, 3.8) is 0 Å². The molecule has 1 aliphatic rings. The SMILES string of the molecule is COCCN1CC(CCl)OC(C)(C)C1. The van der Waals surface area contributed by atoms with E-state index >= 15 is 0 Å². The zero-order valence-corrected chi connectivity index (χ0v) is 10.0. The molecule has 0 saturated carbocycles. The summed E-state index contributed by atoms with van der Waals surface area (Å²) in [4.78, 5) is 2.35. The molecule has 3 nitrogen and oxygen atoms in total. The summed E-state index contributed by atoms with van der Waals surface area (Å²) in [5.41, 5.74) is -0.0917. The van der Waals surface area contributed by atoms with E-state index in [2.05, 4.69) is 18.7 Å². The van der Waals surface area contributed by atoms with Gasteiger partial charge in [-0.1, -0.05) is 0 Å². The van der Waals surface area contributed by atoms with E-state index in [0.717, 1.165) is 26.2 Å². The molecule has 0 spiro atoms. The topological polar surface area (TPSA) is 21.7 Å². The van der Waals surface area contributed by atoms with Gasteiger partial charge in [-0.05, 0) is 13.8 Å². The van der Waals surface area contributed by atoms with Gasteiger partial charge >= 0.3 is 0 Å². The Labute approximate surface area is 91.3 Å². The highest BCUT2D eigenvalue weighted by Crippen LogP contribution is 2.21. The highest BCUT2D eigenvalue weighted by Gasteiger charge is 2.32. The predicted molar refractivity (Wildman–Crippen MR) is 58.0 cm³/mol. The Balaban J connectivity index is 2.43. The Morgan fingerprint density at radius 3 is 2.86 bits per heavy atom. The van der Waals surface area contributed by atoms with Gasteiger partial charge in [-0.15, -0.1) is 11.6 Å². The number of nitrogens with zero attached hydrogens (tertiary/aromatic N) is 1. The molecule has 1 heterocycles. The summed E-state index contributed by atoms with van der Waals surface area (Å²) in [5.74, 6) is 0.562. The van der Waals surface area contributed by atoms with Crippen LogP contribution in [0, 0.1) is 0 Å². The van der Waals surface area contributed by atoms with Gasteiger partial charge in [-0.3, -0.25) is 4.90 Å². The molecule has 1 unspecified atom stereocenters. The third-order valence-corrected chi connectivity index (χ3v) is 2.68. The first-order valence-electron chi connectivity index (χ1n) is 5.02. The first-order valence-corrected chi connectivity index (χ1v) is 5.56. The molecule has 1 fully saturated rings. The molecule has 0 bridgehead atoms. The zero-order chi connectivity index (χ0) is 10.6. The van der Waals surface area contributed by atoms with Gasteiger partial charge in [-0.25, -0.2) is 0 Å². The summed E-state index contributed by atoms with van der Waals surface area (Å²) in [5, 5.41) is 0. The van der Waals surface area contributed by atoms with Gasteiger partial charge in [0, 0.05) is 32.6 Å². The van der Waals surface area contributed by atoms with Gasteiger partial charge < -0.3 is 9.47 Å². The van der Waals surface area contributed by atoms with E-state index in [1.165, 1.54) is 0 Å². The second-order valence-electron chi connectivity index (χ2n) is 4.38. The Morgan fingerprint density at radius 2 is 2.29 bits per heavy atom. The normalized spacial score (nSPS) is 27.9. The molecule has 0 aromatic heterocycles. The molecule has 0 aliphatic carbocycles. The van der Waals surface area contributed by atoms with Crippen molar-refractivity contribution in [1.29, 1.82) is 0 Å². The van der Waals surface area contributed by atoms with Crippen LogP contribution in [0.2, 0.25) is 0 Å². The molecule has 1 rings (SSSR count). The standard InChI is InChI=1S/C10H20ClNO2/c1-10(2)8-12(4-5-13-3)7-9(6-11)14-10/h9H,4-8H2,1-3H3. The lowest BCUT2D eigenvalue weighted by Gasteiger charge is -2.42. The maximum atomic E-state index is 5.82. The van der Waals surface area contributed by atoms with Crippen molar-refractivity contribution in [1.82, 2.24) is 4.90 Å². The summed E-state index contributed by atoms with van der Waals surface area (Å²) in [7, 11) is 1.73. The highest BCUT2D eigenvalue weighted by molar-refractivity contribution is 6.18. The van der Waals surface area contributed by atoms with E-state index in [1.54, 1.807) is 7.11 Å². The number of morpholine rings is 1. The van der Waals surface area contributed by atoms with Crippen molar-refractivity contribution in [2.24, 2.45) is 0 Å². The van der Waals surface area contributed by atoms with Crippen LogP contribution >= 0.6 is 11.6 Å². The molecule has 0 amide bonds. The molecular weight excluding hydrogens is 202 g/mol. The fourth-order valence-electron chi connectivity index (χ4n) is 1.89. The zero-order valence-electron chi connectivity index (χ0n) is 9.25. The van der Waals surface area contributed by atoms with Crippen LogP contribution in [0.15, 0.2) is 0 Å². The third-order valence-electron chi connectivity index (χ3n) is 2.34. The average Bonchev–Trinajstić information content (AvgIpc) is 2.12. The van der Waals surface area contributed by atoms with Crippen LogP contribution in [0.3, 0.4) is 0 Å². The number of alkyl halides is 1. The van der Waals surface area contributed by atoms with Crippen LogP contribution < -0.4 is 0 Å². The number of methoxy groups -OCH3 is 1. The molecule has 0 aromatic carbocycles. The first-order chi connectivity index (χ1) is 6.57. The molecule has 4 heteroatoms. The number of hydrogen-bond donors (Lipinski definition) is 0. The summed E-state index contributed by atoms with van der Waals surface area (Å²) in [6.45, 7) is 7.79. The number of ether oxygens (including phenoxy) is 2. The molecule has 84 valence electrons. The highest BCUT2D eigenvalue weighted by atomic mass is 35.5. The fraction of sp³-hybridized carbons (Fsp3) is 1.00. The lowest BCUT2D eigenvalue weighted by molar-refractivity contribution is -0.129. The lowest BCUT2D eigenvalue weighted by Crippen LogP contribution is -2.53. The van der Waals surface area contributed by atoms with Crippen LogP contribution in [0.1, 0.15) is 13.8 Å². The van der Waals surface area contributed by atoms with Crippen LogP contribution in [0.4, 0.5) is 0 Å². The Hall–Kier alpha value is 0.170. The Kier molecular flexibility index (Phi) is 4.64. The van der Waals surface area contributed by atoms with Gasteiger partial charge in [-0.2, -0.15) is 0 Å². The van der Waals surface area contributed by atoms with E-state index in [1.807, 2.05) is 0 Å². The van der Waals surface area contributed by atoms with E-state index in [-0.39, 0.29) is 11.7 Å². The van der Waals surface area contributed by atoms with Crippen molar-refractivity contribution in [2.75, 3.05) is 39.2 Å². The maximum Gasteiger partial charge on any atom is 0.0844 e. The predicted octanol–water partition coefficient (Wildman–Crippen LogP) is 1.35. The molecule has 1 saturated heterocycles. The number of hydrogen-bond acceptors (Lipinski definition) is 3. The van der Waals surface area contributed by atoms with Gasteiger partial charge in [0.05, 0.1) is 18.3 Å². The minimum Gasteiger partial charge on any atom is -0.383 e. The van der Waals surface area contributed by atoms with E-state index in [4.69, 9.17) is 21.1 Å². The molecule has 1 aliphatic heterocycles. The van der Waals surface area contributed by atoms with Crippen molar-refractivity contribution in [3.8, 4) is 0 Å². The monoisotopic (exact) mass is 221 g/mol. The van der Waals surface area contributed by atoms with Gasteiger partial charge in [0.1, 0.15) is 0 Å². The first kappa shape index (κ1) is 12.2. The van der Waals surface area contributed by atoms with E-state index < -0.39 is 0 Å². The smallest absolute Gasteiger partial charge is 0.0844 e. The van der Waals surface area contributed by atoms with Crippen LogP contribution in [-0.4, -0.2) is 55.8 Å². The molecule has 14 heavy (non-hydrogen) atoms. The molecular formula is C10H20ClNO2. The minimum atomic E-state index is -0.0917. The number of halogens is 1. The largest absolute Gasteiger partial charge is 0.383 e. The Bertz CT molecular complexity index is 176. The summed E-state index contributed by atoms with van der Waals surface area (Å²) >= 11 is 5.82. The second kappa shape index (κ2) is 5.31. The van der Waals surface area contributed by atoms with E-state index in [9.17, 15) is 0 Å². The van der Waals surface area contributed by atoms with Gasteiger partial charge in [0.15, 0.2) is 0 Å². The molecule has 0 aromatic rings. The van der Waals surface area contributed by atoms with Crippen molar-refractivity contribution >= 4 is 11.6 Å². The summed E-state index contributed by atoms with van der Waals surface area (Å²) in [6, 6.07) is 0.